The summed E-state index contributed by atoms with van der Waals surface area (Å²) in [4.78, 5) is 4.78. The summed E-state index contributed by atoms with van der Waals surface area (Å²) in [5, 5.41) is 6.77. The van der Waals surface area contributed by atoms with Crippen molar-refractivity contribution >= 4 is 29.9 Å². The van der Waals surface area contributed by atoms with E-state index in [4.69, 9.17) is 9.73 Å². The van der Waals surface area contributed by atoms with E-state index >= 15 is 0 Å². The van der Waals surface area contributed by atoms with E-state index in [0.29, 0.717) is 0 Å². The molecule has 0 aliphatic carbocycles. The number of rotatable bonds is 6. The van der Waals surface area contributed by atoms with Crippen LogP contribution in [-0.4, -0.2) is 38.8 Å². The third-order valence-corrected chi connectivity index (χ3v) is 4.12. The van der Waals surface area contributed by atoms with Gasteiger partial charge in [-0.2, -0.15) is 0 Å². The zero-order valence-electron chi connectivity index (χ0n) is 14.7. The lowest BCUT2D eigenvalue weighted by Gasteiger charge is -2.38. The molecule has 0 unspecified atom stereocenters. The lowest BCUT2D eigenvalue weighted by molar-refractivity contribution is -0.0971. The molecule has 2 rings (SSSR count). The first-order valence-electron chi connectivity index (χ1n) is 8.11. The first kappa shape index (κ1) is 20.2. The van der Waals surface area contributed by atoms with E-state index in [9.17, 15) is 0 Å². The summed E-state index contributed by atoms with van der Waals surface area (Å²) in [5.74, 6) is 0.889. The molecule has 1 heterocycles. The van der Waals surface area contributed by atoms with E-state index in [1.165, 1.54) is 5.56 Å². The van der Waals surface area contributed by atoms with Crippen molar-refractivity contribution in [3.05, 3.63) is 35.9 Å². The highest BCUT2D eigenvalue weighted by atomic mass is 127. The van der Waals surface area contributed by atoms with Crippen molar-refractivity contribution in [1.82, 2.24) is 10.6 Å². The molecule has 1 fully saturated rings. The molecule has 1 aliphatic heterocycles. The standard InChI is InChI=1S/C18H29N3O.HI/c1-5-19-16(21-12-18(4)13-22-14-18)20-11-17(2,3)15-9-7-6-8-10-15;/h6-10H,5,11-14H2,1-4H3,(H2,19,20,21);1H. The van der Waals surface area contributed by atoms with Crippen LogP contribution >= 0.6 is 24.0 Å². The molecule has 1 aromatic rings. The van der Waals surface area contributed by atoms with Gasteiger partial charge in [-0.25, -0.2) is 0 Å². The predicted octanol–water partition coefficient (Wildman–Crippen LogP) is 3.17. The Kier molecular flexibility index (Phi) is 7.80. The number of hydrogen-bond acceptors (Lipinski definition) is 2. The molecule has 5 heteroatoms. The van der Waals surface area contributed by atoms with Gasteiger partial charge in [-0.1, -0.05) is 51.1 Å². The van der Waals surface area contributed by atoms with Gasteiger partial charge in [-0.05, 0) is 12.5 Å². The maximum absolute atomic E-state index is 5.30. The van der Waals surface area contributed by atoms with Crippen LogP contribution in [0.25, 0.3) is 0 Å². The van der Waals surface area contributed by atoms with E-state index in [1.807, 2.05) is 0 Å². The summed E-state index contributed by atoms with van der Waals surface area (Å²) in [6, 6.07) is 10.6. The lowest BCUT2D eigenvalue weighted by atomic mass is 9.85. The average Bonchev–Trinajstić information content (AvgIpc) is 2.49. The zero-order chi connectivity index (χ0) is 16.1. The molecule has 23 heavy (non-hydrogen) atoms. The summed E-state index contributed by atoms with van der Waals surface area (Å²) >= 11 is 0. The summed E-state index contributed by atoms with van der Waals surface area (Å²) < 4.78 is 5.30. The van der Waals surface area contributed by atoms with Crippen molar-refractivity contribution in [2.24, 2.45) is 10.4 Å². The monoisotopic (exact) mass is 431 g/mol. The molecular formula is C18H30IN3O. The first-order chi connectivity index (χ1) is 10.5. The fourth-order valence-electron chi connectivity index (χ4n) is 2.45. The van der Waals surface area contributed by atoms with Gasteiger partial charge < -0.3 is 15.4 Å². The summed E-state index contributed by atoms with van der Waals surface area (Å²) in [5.41, 5.74) is 1.58. The Balaban J connectivity index is 0.00000264. The van der Waals surface area contributed by atoms with Crippen LogP contribution in [0.2, 0.25) is 0 Å². The molecule has 1 saturated heterocycles. The molecule has 1 aromatic carbocycles. The summed E-state index contributed by atoms with van der Waals surface area (Å²) in [6.07, 6.45) is 0. The largest absolute Gasteiger partial charge is 0.380 e. The third-order valence-electron chi connectivity index (χ3n) is 4.12. The van der Waals surface area contributed by atoms with Gasteiger partial charge in [0.25, 0.3) is 0 Å². The number of nitrogens with one attached hydrogen (secondary N) is 2. The number of hydrogen-bond donors (Lipinski definition) is 2. The first-order valence-corrected chi connectivity index (χ1v) is 8.11. The fourth-order valence-corrected chi connectivity index (χ4v) is 2.45. The Bertz CT molecular complexity index is 498. The van der Waals surface area contributed by atoms with Crippen LogP contribution < -0.4 is 10.6 Å². The molecular weight excluding hydrogens is 401 g/mol. The highest BCUT2D eigenvalue weighted by molar-refractivity contribution is 14.0. The van der Waals surface area contributed by atoms with E-state index in [2.05, 4.69) is 68.7 Å². The van der Waals surface area contributed by atoms with Crippen molar-refractivity contribution < 1.29 is 4.74 Å². The second-order valence-electron chi connectivity index (χ2n) is 7.10. The minimum Gasteiger partial charge on any atom is -0.380 e. The van der Waals surface area contributed by atoms with Crippen LogP contribution in [0.3, 0.4) is 0 Å². The number of halogens is 1. The SMILES string of the molecule is CCNC(=NCC(C)(C)c1ccccc1)NCC1(C)COC1.I. The minimum absolute atomic E-state index is 0. The van der Waals surface area contributed by atoms with Crippen LogP contribution in [0, 0.1) is 5.41 Å². The van der Waals surface area contributed by atoms with Gasteiger partial charge in [0.2, 0.25) is 0 Å². The Morgan fingerprint density at radius 2 is 1.87 bits per heavy atom. The van der Waals surface area contributed by atoms with E-state index in [-0.39, 0.29) is 34.8 Å². The van der Waals surface area contributed by atoms with Crippen LogP contribution in [0.15, 0.2) is 35.3 Å². The maximum Gasteiger partial charge on any atom is 0.191 e. The molecule has 2 N–H and O–H groups in total. The smallest absolute Gasteiger partial charge is 0.191 e. The van der Waals surface area contributed by atoms with Crippen LogP contribution in [0.4, 0.5) is 0 Å². The van der Waals surface area contributed by atoms with E-state index in [1.54, 1.807) is 0 Å². The maximum atomic E-state index is 5.30. The number of guanidine groups is 1. The number of aliphatic imine (C=N–C) groups is 1. The van der Waals surface area contributed by atoms with Crippen LogP contribution in [0.5, 0.6) is 0 Å². The van der Waals surface area contributed by atoms with Crippen molar-refractivity contribution in [1.29, 1.82) is 0 Å². The number of nitrogens with zero attached hydrogens (tertiary/aromatic N) is 1. The summed E-state index contributed by atoms with van der Waals surface area (Å²) in [7, 11) is 0. The predicted molar refractivity (Wildman–Crippen MR) is 108 cm³/mol. The van der Waals surface area contributed by atoms with Gasteiger partial charge >= 0.3 is 0 Å². The van der Waals surface area contributed by atoms with Gasteiger partial charge in [0.1, 0.15) is 0 Å². The Labute approximate surface area is 157 Å². The van der Waals surface area contributed by atoms with Crippen molar-refractivity contribution in [3.8, 4) is 0 Å². The number of ether oxygens (including phenoxy) is 1. The van der Waals surface area contributed by atoms with Crippen molar-refractivity contribution in [3.63, 3.8) is 0 Å². The normalized spacial score (nSPS) is 17.0. The highest BCUT2D eigenvalue weighted by Crippen LogP contribution is 2.25. The Morgan fingerprint density at radius 1 is 1.22 bits per heavy atom. The lowest BCUT2D eigenvalue weighted by Crippen LogP contribution is -2.51. The molecule has 0 radical (unpaired) electrons. The van der Waals surface area contributed by atoms with Gasteiger partial charge in [0.05, 0.1) is 19.8 Å². The fraction of sp³-hybridized carbons (Fsp3) is 0.611. The molecule has 4 nitrogen and oxygen atoms in total. The van der Waals surface area contributed by atoms with E-state index < -0.39 is 0 Å². The van der Waals surface area contributed by atoms with Gasteiger partial charge in [-0.15, -0.1) is 24.0 Å². The second-order valence-corrected chi connectivity index (χ2v) is 7.10. The molecule has 130 valence electrons. The molecule has 0 atom stereocenters. The van der Waals surface area contributed by atoms with Crippen molar-refractivity contribution in [2.75, 3.05) is 32.8 Å². The second kappa shape index (κ2) is 8.87. The molecule has 0 aromatic heterocycles. The third kappa shape index (κ3) is 5.95. The molecule has 1 aliphatic rings. The van der Waals surface area contributed by atoms with E-state index in [0.717, 1.165) is 38.8 Å². The minimum atomic E-state index is 0. The van der Waals surface area contributed by atoms with Gasteiger partial charge in [-0.3, -0.25) is 4.99 Å². The summed E-state index contributed by atoms with van der Waals surface area (Å²) in [6.45, 7) is 13.0. The molecule has 0 spiro atoms. The van der Waals surface area contributed by atoms with Crippen molar-refractivity contribution in [2.45, 2.75) is 33.1 Å². The van der Waals surface area contributed by atoms with Gasteiger partial charge in [0.15, 0.2) is 5.96 Å². The molecule has 0 saturated carbocycles. The highest BCUT2D eigenvalue weighted by Gasteiger charge is 2.33. The van der Waals surface area contributed by atoms with Gasteiger partial charge in [0, 0.05) is 23.9 Å². The Hall–Kier alpha value is -0.820. The number of benzene rings is 1. The molecule has 0 bridgehead atoms. The zero-order valence-corrected chi connectivity index (χ0v) is 17.0. The van der Waals surface area contributed by atoms with Crippen LogP contribution in [0.1, 0.15) is 33.3 Å². The Morgan fingerprint density at radius 3 is 2.39 bits per heavy atom. The molecule has 0 amide bonds. The quantitative estimate of drug-likeness (QED) is 0.413. The average molecular weight is 431 g/mol. The topological polar surface area (TPSA) is 45.7 Å². The van der Waals surface area contributed by atoms with Crippen LogP contribution in [-0.2, 0) is 10.2 Å².